The van der Waals surface area contributed by atoms with Crippen molar-refractivity contribution in [3.8, 4) is 0 Å². The first-order chi connectivity index (χ1) is 14.5. The highest BCUT2D eigenvalue weighted by molar-refractivity contribution is 7.89. The maximum Gasteiger partial charge on any atom is 0.252 e. The molecule has 2 aliphatic rings. The molecule has 2 aromatic rings. The first-order valence-corrected chi connectivity index (χ1v) is 12.3. The Balaban J connectivity index is 1.43. The molecule has 162 valence electrons. The third-order valence-electron chi connectivity index (χ3n) is 5.71. The van der Waals surface area contributed by atoms with Crippen LogP contribution in [0.4, 0.5) is 0 Å². The highest BCUT2D eigenvalue weighted by Crippen LogP contribution is 2.25. The lowest BCUT2D eigenvalue weighted by molar-refractivity contribution is 0.0954. The first kappa shape index (κ1) is 21.3. The van der Waals surface area contributed by atoms with E-state index < -0.39 is 15.9 Å². The van der Waals surface area contributed by atoms with Gasteiger partial charge in [0.1, 0.15) is 11.6 Å². The zero-order chi connectivity index (χ0) is 21.1. The van der Waals surface area contributed by atoms with E-state index in [-0.39, 0.29) is 15.5 Å². The third-order valence-corrected chi connectivity index (χ3v) is 7.93. The first-order valence-electron chi connectivity index (χ1n) is 10.5. The van der Waals surface area contributed by atoms with Gasteiger partial charge < -0.3 is 9.88 Å². The van der Waals surface area contributed by atoms with Crippen molar-refractivity contribution < 1.29 is 13.2 Å². The van der Waals surface area contributed by atoms with Gasteiger partial charge in [-0.2, -0.15) is 4.31 Å². The van der Waals surface area contributed by atoms with E-state index in [1.165, 1.54) is 28.9 Å². The van der Waals surface area contributed by atoms with Crippen LogP contribution in [0, 0.1) is 0 Å². The summed E-state index contributed by atoms with van der Waals surface area (Å²) in [5.41, 5.74) is 0.164. The predicted octanol–water partition coefficient (Wildman–Crippen LogP) is 2.41. The Morgan fingerprint density at radius 2 is 1.83 bits per heavy atom. The Morgan fingerprint density at radius 1 is 1.07 bits per heavy atom. The number of carbonyl (C=O) groups excluding carboxylic acids is 1. The van der Waals surface area contributed by atoms with Crippen molar-refractivity contribution in [3.05, 3.63) is 40.4 Å². The van der Waals surface area contributed by atoms with E-state index in [4.69, 9.17) is 11.6 Å². The van der Waals surface area contributed by atoms with Crippen molar-refractivity contribution in [2.24, 2.45) is 0 Å². The van der Waals surface area contributed by atoms with Crippen LogP contribution in [0.15, 0.2) is 23.1 Å². The van der Waals surface area contributed by atoms with Gasteiger partial charge in [0, 0.05) is 39.0 Å². The van der Waals surface area contributed by atoms with E-state index >= 15 is 0 Å². The summed E-state index contributed by atoms with van der Waals surface area (Å²) in [6.45, 7) is 2.30. The minimum atomic E-state index is -3.61. The van der Waals surface area contributed by atoms with Crippen LogP contribution in [0.1, 0.15) is 54.1 Å². The number of rotatable bonds is 6. The Kier molecular flexibility index (Phi) is 6.40. The number of halogens is 1. The van der Waals surface area contributed by atoms with Crippen LogP contribution < -0.4 is 5.32 Å². The monoisotopic (exact) mass is 451 g/mol. The molecule has 1 saturated heterocycles. The van der Waals surface area contributed by atoms with E-state index in [9.17, 15) is 13.2 Å². The number of nitrogens with one attached hydrogen (secondary N) is 1. The zero-order valence-electron chi connectivity index (χ0n) is 16.8. The largest absolute Gasteiger partial charge is 0.352 e. The Hall–Kier alpha value is -1.97. The number of hydrogen-bond acceptors (Lipinski definition) is 5. The standard InChI is InChI=1S/C20H26ClN5O3S/c21-17-8-7-15(30(28,29)25-11-4-5-12-25)14-16(17)20(27)22-10-9-19-24-23-18-6-2-1-3-13-26(18)19/h7-8,14H,1-6,9-13H2,(H,22,27). The molecule has 0 spiro atoms. The second kappa shape index (κ2) is 9.03. The van der Waals surface area contributed by atoms with Crippen molar-refractivity contribution in [1.29, 1.82) is 0 Å². The molecule has 1 aromatic carbocycles. The predicted molar refractivity (Wildman–Crippen MR) is 113 cm³/mol. The number of nitrogens with zero attached hydrogens (tertiary/aromatic N) is 4. The van der Waals surface area contributed by atoms with E-state index in [0.717, 1.165) is 50.3 Å². The van der Waals surface area contributed by atoms with E-state index in [1.807, 2.05) is 0 Å². The van der Waals surface area contributed by atoms with Crippen LogP contribution in [0.3, 0.4) is 0 Å². The number of hydrogen-bond donors (Lipinski definition) is 1. The minimum absolute atomic E-state index is 0.0988. The van der Waals surface area contributed by atoms with Crippen LogP contribution in [0.5, 0.6) is 0 Å². The lowest BCUT2D eigenvalue weighted by Gasteiger charge is -2.16. The maximum absolute atomic E-state index is 12.8. The van der Waals surface area contributed by atoms with Gasteiger partial charge >= 0.3 is 0 Å². The molecule has 1 amide bonds. The number of aryl methyl sites for hydroxylation is 1. The quantitative estimate of drug-likeness (QED) is 0.727. The van der Waals surface area contributed by atoms with Gasteiger partial charge in [-0.1, -0.05) is 18.0 Å². The molecule has 8 nitrogen and oxygen atoms in total. The molecule has 4 rings (SSSR count). The molecule has 0 unspecified atom stereocenters. The maximum atomic E-state index is 12.8. The summed E-state index contributed by atoms with van der Waals surface area (Å²) in [6, 6.07) is 4.30. The fourth-order valence-electron chi connectivity index (χ4n) is 4.03. The lowest BCUT2D eigenvalue weighted by Crippen LogP contribution is -2.29. The Labute approximate surface area is 181 Å². The smallest absolute Gasteiger partial charge is 0.252 e. The van der Waals surface area contributed by atoms with Gasteiger partial charge in [0.15, 0.2) is 0 Å². The van der Waals surface area contributed by atoms with Crippen LogP contribution in [-0.2, 0) is 29.4 Å². The summed E-state index contributed by atoms with van der Waals surface area (Å²) < 4.78 is 29.2. The summed E-state index contributed by atoms with van der Waals surface area (Å²) in [5, 5.41) is 11.6. The molecule has 2 aliphatic heterocycles. The van der Waals surface area contributed by atoms with Crippen molar-refractivity contribution in [2.45, 2.75) is 56.4 Å². The van der Waals surface area contributed by atoms with Crippen LogP contribution in [0.2, 0.25) is 5.02 Å². The van der Waals surface area contributed by atoms with E-state index in [2.05, 4.69) is 20.1 Å². The molecule has 0 atom stereocenters. The minimum Gasteiger partial charge on any atom is -0.352 e. The van der Waals surface area contributed by atoms with E-state index in [1.54, 1.807) is 0 Å². The number of amides is 1. The van der Waals surface area contributed by atoms with Crippen molar-refractivity contribution in [1.82, 2.24) is 24.4 Å². The van der Waals surface area contributed by atoms with Crippen LogP contribution in [0.25, 0.3) is 0 Å². The lowest BCUT2D eigenvalue weighted by atomic mass is 10.2. The number of fused-ring (bicyclic) bond motifs is 1. The van der Waals surface area contributed by atoms with E-state index in [0.29, 0.717) is 26.1 Å². The van der Waals surface area contributed by atoms with Gasteiger partial charge in [0.05, 0.1) is 15.5 Å². The van der Waals surface area contributed by atoms with Gasteiger partial charge in [0.25, 0.3) is 5.91 Å². The van der Waals surface area contributed by atoms with Crippen molar-refractivity contribution >= 4 is 27.5 Å². The second-order valence-electron chi connectivity index (χ2n) is 7.75. The SMILES string of the molecule is O=C(NCCc1nnc2n1CCCCC2)c1cc(S(=O)(=O)N2CCCC2)ccc1Cl. The molecule has 1 aromatic heterocycles. The molecule has 0 aliphatic carbocycles. The van der Waals surface area contributed by atoms with Crippen LogP contribution in [-0.4, -0.2) is 53.0 Å². The highest BCUT2D eigenvalue weighted by atomic mass is 35.5. The normalized spacial score (nSPS) is 17.5. The summed E-state index contributed by atoms with van der Waals surface area (Å²) >= 11 is 6.20. The molecule has 1 N–H and O–H groups in total. The third kappa shape index (κ3) is 4.38. The molecule has 1 fully saturated rings. The molecule has 10 heteroatoms. The summed E-state index contributed by atoms with van der Waals surface area (Å²) in [7, 11) is -3.61. The topological polar surface area (TPSA) is 97.2 Å². The van der Waals surface area contributed by atoms with Crippen molar-refractivity contribution in [2.75, 3.05) is 19.6 Å². The summed E-state index contributed by atoms with van der Waals surface area (Å²) in [6.07, 6.45) is 6.63. The Morgan fingerprint density at radius 3 is 2.63 bits per heavy atom. The number of aromatic nitrogens is 3. The summed E-state index contributed by atoms with van der Waals surface area (Å²) in [5.74, 6) is 1.48. The highest BCUT2D eigenvalue weighted by Gasteiger charge is 2.28. The van der Waals surface area contributed by atoms with Gasteiger partial charge in [0.2, 0.25) is 10.0 Å². The van der Waals surface area contributed by atoms with Gasteiger partial charge in [-0.3, -0.25) is 4.79 Å². The van der Waals surface area contributed by atoms with Crippen LogP contribution >= 0.6 is 11.6 Å². The van der Waals surface area contributed by atoms with Gasteiger partial charge in [-0.25, -0.2) is 8.42 Å². The molecule has 3 heterocycles. The molecular weight excluding hydrogens is 426 g/mol. The average molecular weight is 452 g/mol. The number of benzene rings is 1. The molecule has 0 radical (unpaired) electrons. The molecule has 0 bridgehead atoms. The summed E-state index contributed by atoms with van der Waals surface area (Å²) in [4.78, 5) is 12.8. The zero-order valence-corrected chi connectivity index (χ0v) is 18.4. The Bertz CT molecular complexity index is 1030. The fraction of sp³-hybridized carbons (Fsp3) is 0.550. The van der Waals surface area contributed by atoms with Gasteiger partial charge in [-0.15, -0.1) is 10.2 Å². The van der Waals surface area contributed by atoms with Gasteiger partial charge in [-0.05, 0) is 43.9 Å². The number of carbonyl (C=O) groups is 1. The molecule has 0 saturated carbocycles. The molecule has 30 heavy (non-hydrogen) atoms. The second-order valence-corrected chi connectivity index (χ2v) is 10.1. The van der Waals surface area contributed by atoms with Crippen molar-refractivity contribution in [3.63, 3.8) is 0 Å². The fourth-order valence-corrected chi connectivity index (χ4v) is 5.78. The average Bonchev–Trinajstić information content (AvgIpc) is 3.34. The number of sulfonamides is 1. The molecular formula is C20H26ClN5O3S.